The third kappa shape index (κ3) is 2.17. The maximum absolute atomic E-state index is 9.18. The molecule has 17 heavy (non-hydrogen) atoms. The highest BCUT2D eigenvalue weighted by atomic mass is 79.9. The molecule has 0 saturated carbocycles. The van der Waals surface area contributed by atoms with Gasteiger partial charge in [-0.15, -0.1) is 16.4 Å². The van der Waals surface area contributed by atoms with Crippen LogP contribution in [0.1, 0.15) is 12.2 Å². The van der Waals surface area contributed by atoms with Crippen molar-refractivity contribution in [3.8, 4) is 10.7 Å². The Morgan fingerprint density at radius 3 is 3.12 bits per heavy atom. The SMILES string of the molecule is OCC1CCn2nc(-c3ccc(Br)s3)nc2C1. The monoisotopic (exact) mass is 313 g/mol. The zero-order valence-electron chi connectivity index (χ0n) is 9.14. The van der Waals surface area contributed by atoms with Crippen molar-refractivity contribution in [1.29, 1.82) is 0 Å². The number of aliphatic hydroxyl groups is 1. The molecule has 0 radical (unpaired) electrons. The van der Waals surface area contributed by atoms with E-state index < -0.39 is 0 Å². The lowest BCUT2D eigenvalue weighted by molar-refractivity contribution is 0.196. The molecule has 1 aliphatic heterocycles. The van der Waals surface area contributed by atoms with Crippen LogP contribution < -0.4 is 0 Å². The minimum atomic E-state index is 0.243. The smallest absolute Gasteiger partial charge is 0.191 e. The fraction of sp³-hybridized carbons (Fsp3) is 0.455. The topological polar surface area (TPSA) is 50.9 Å². The van der Waals surface area contributed by atoms with Crippen molar-refractivity contribution in [2.24, 2.45) is 5.92 Å². The van der Waals surface area contributed by atoms with Crippen molar-refractivity contribution in [3.63, 3.8) is 0 Å². The Balaban J connectivity index is 1.92. The number of nitrogens with zero attached hydrogens (tertiary/aromatic N) is 3. The Hall–Kier alpha value is -0.720. The average molecular weight is 314 g/mol. The van der Waals surface area contributed by atoms with Crippen molar-refractivity contribution in [2.45, 2.75) is 19.4 Å². The lowest BCUT2D eigenvalue weighted by Gasteiger charge is -2.19. The second-order valence-corrected chi connectivity index (χ2v) is 6.68. The van der Waals surface area contributed by atoms with Crippen LogP contribution in [-0.4, -0.2) is 26.5 Å². The third-order valence-corrected chi connectivity index (χ3v) is 4.64. The summed E-state index contributed by atoms with van der Waals surface area (Å²) in [6, 6.07) is 4.04. The molecule has 0 aliphatic carbocycles. The summed E-state index contributed by atoms with van der Waals surface area (Å²) in [6.45, 7) is 1.10. The number of halogens is 1. The Morgan fingerprint density at radius 2 is 2.41 bits per heavy atom. The molecule has 0 saturated heterocycles. The molecule has 3 rings (SSSR count). The molecule has 1 aliphatic rings. The van der Waals surface area contributed by atoms with Crippen LogP contribution >= 0.6 is 27.3 Å². The van der Waals surface area contributed by atoms with Gasteiger partial charge in [0.2, 0.25) is 0 Å². The van der Waals surface area contributed by atoms with Gasteiger partial charge in [0.15, 0.2) is 5.82 Å². The lowest BCUT2D eigenvalue weighted by atomic mass is 9.99. The van der Waals surface area contributed by atoms with E-state index in [1.54, 1.807) is 11.3 Å². The van der Waals surface area contributed by atoms with Crippen molar-refractivity contribution in [2.75, 3.05) is 6.61 Å². The molecule has 90 valence electrons. The Kier molecular flexibility index (Phi) is 3.02. The van der Waals surface area contributed by atoms with Crippen LogP contribution in [0.4, 0.5) is 0 Å². The highest BCUT2D eigenvalue weighted by Gasteiger charge is 2.22. The maximum Gasteiger partial charge on any atom is 0.191 e. The van der Waals surface area contributed by atoms with Gasteiger partial charge in [-0.05, 0) is 40.4 Å². The van der Waals surface area contributed by atoms with Crippen molar-refractivity contribution >= 4 is 27.3 Å². The van der Waals surface area contributed by atoms with E-state index >= 15 is 0 Å². The number of hydrogen-bond acceptors (Lipinski definition) is 4. The van der Waals surface area contributed by atoms with E-state index in [-0.39, 0.29) is 6.61 Å². The van der Waals surface area contributed by atoms with Crippen LogP contribution in [0.15, 0.2) is 15.9 Å². The highest BCUT2D eigenvalue weighted by Crippen LogP contribution is 2.30. The molecule has 0 amide bonds. The van der Waals surface area contributed by atoms with Crippen molar-refractivity contribution in [3.05, 3.63) is 21.7 Å². The van der Waals surface area contributed by atoms with E-state index in [2.05, 4.69) is 26.0 Å². The fourth-order valence-corrected chi connectivity index (χ4v) is 3.38. The van der Waals surface area contributed by atoms with Crippen LogP contribution in [0.25, 0.3) is 10.7 Å². The van der Waals surface area contributed by atoms with E-state index in [1.165, 1.54) is 0 Å². The largest absolute Gasteiger partial charge is 0.396 e. The molecule has 1 atom stereocenters. The van der Waals surface area contributed by atoms with E-state index in [4.69, 9.17) is 0 Å². The minimum Gasteiger partial charge on any atom is -0.396 e. The second-order valence-electron chi connectivity index (χ2n) is 4.22. The van der Waals surface area contributed by atoms with Gasteiger partial charge in [0, 0.05) is 19.6 Å². The number of aliphatic hydroxyl groups excluding tert-OH is 1. The summed E-state index contributed by atoms with van der Waals surface area (Å²) in [5.74, 6) is 2.14. The zero-order valence-corrected chi connectivity index (χ0v) is 11.5. The van der Waals surface area contributed by atoms with Gasteiger partial charge in [-0.3, -0.25) is 0 Å². The van der Waals surface area contributed by atoms with Crippen LogP contribution in [-0.2, 0) is 13.0 Å². The van der Waals surface area contributed by atoms with E-state index in [0.29, 0.717) is 5.92 Å². The number of hydrogen-bond donors (Lipinski definition) is 1. The van der Waals surface area contributed by atoms with Crippen LogP contribution in [0.5, 0.6) is 0 Å². The lowest BCUT2D eigenvalue weighted by Crippen LogP contribution is -2.22. The molecule has 6 heteroatoms. The highest BCUT2D eigenvalue weighted by molar-refractivity contribution is 9.11. The standard InChI is InChI=1S/C11H12BrN3OS/c12-9-2-1-8(17-9)11-13-10-5-7(6-16)3-4-15(10)14-11/h1-2,7,16H,3-6H2. The van der Waals surface area contributed by atoms with E-state index in [1.807, 2.05) is 16.8 Å². The van der Waals surface area contributed by atoms with Gasteiger partial charge in [-0.25, -0.2) is 9.67 Å². The molecule has 2 aromatic rings. The van der Waals surface area contributed by atoms with E-state index in [0.717, 1.165) is 39.7 Å². The number of aromatic nitrogens is 3. The molecular formula is C11H12BrN3OS. The molecule has 1 unspecified atom stereocenters. The fourth-order valence-electron chi connectivity index (χ4n) is 2.06. The molecule has 0 bridgehead atoms. The van der Waals surface area contributed by atoms with Gasteiger partial charge in [-0.2, -0.15) is 0 Å². The van der Waals surface area contributed by atoms with Gasteiger partial charge >= 0.3 is 0 Å². The maximum atomic E-state index is 9.18. The quantitative estimate of drug-likeness (QED) is 0.925. The first kappa shape index (κ1) is 11.4. The van der Waals surface area contributed by atoms with Gasteiger partial charge < -0.3 is 5.11 Å². The molecule has 0 aromatic carbocycles. The third-order valence-electron chi connectivity index (χ3n) is 3.02. The van der Waals surface area contributed by atoms with Crippen LogP contribution in [0.3, 0.4) is 0 Å². The summed E-state index contributed by atoms with van der Waals surface area (Å²) in [4.78, 5) is 5.65. The summed E-state index contributed by atoms with van der Waals surface area (Å²) in [5, 5.41) is 13.7. The molecule has 2 aromatic heterocycles. The normalized spacial score (nSPS) is 19.3. The Labute approximate surface area is 111 Å². The van der Waals surface area contributed by atoms with Gasteiger partial charge in [-0.1, -0.05) is 0 Å². The molecular weight excluding hydrogens is 302 g/mol. The van der Waals surface area contributed by atoms with Crippen LogP contribution in [0, 0.1) is 5.92 Å². The summed E-state index contributed by atoms with van der Waals surface area (Å²) >= 11 is 5.08. The van der Waals surface area contributed by atoms with Crippen LogP contribution in [0.2, 0.25) is 0 Å². The zero-order chi connectivity index (χ0) is 11.8. The summed E-state index contributed by atoms with van der Waals surface area (Å²) < 4.78 is 3.06. The van der Waals surface area contributed by atoms with Gasteiger partial charge in [0.05, 0.1) is 8.66 Å². The molecule has 3 heterocycles. The first-order valence-electron chi connectivity index (χ1n) is 5.56. The first-order valence-corrected chi connectivity index (χ1v) is 7.17. The number of fused-ring (bicyclic) bond motifs is 1. The molecule has 0 fully saturated rings. The summed E-state index contributed by atoms with van der Waals surface area (Å²) in [6.07, 6.45) is 1.82. The molecule has 1 N–H and O–H groups in total. The predicted molar refractivity (Wildman–Crippen MR) is 69.9 cm³/mol. The Morgan fingerprint density at radius 1 is 1.53 bits per heavy atom. The number of thiophene rings is 1. The van der Waals surface area contributed by atoms with Crippen molar-refractivity contribution in [1.82, 2.24) is 14.8 Å². The van der Waals surface area contributed by atoms with Crippen molar-refractivity contribution < 1.29 is 5.11 Å². The Bertz CT molecular complexity index is 537. The molecule has 4 nitrogen and oxygen atoms in total. The first-order chi connectivity index (χ1) is 8.26. The second kappa shape index (κ2) is 4.51. The average Bonchev–Trinajstić information content (AvgIpc) is 2.93. The van der Waals surface area contributed by atoms with Gasteiger partial charge in [0.1, 0.15) is 5.82 Å². The van der Waals surface area contributed by atoms with E-state index in [9.17, 15) is 5.11 Å². The summed E-state index contributed by atoms with van der Waals surface area (Å²) in [5.41, 5.74) is 0. The number of aryl methyl sites for hydroxylation is 1. The predicted octanol–water partition coefficient (Wildman–Crippen LogP) is 2.32. The van der Waals surface area contributed by atoms with Gasteiger partial charge in [0.25, 0.3) is 0 Å². The minimum absolute atomic E-state index is 0.243. The summed E-state index contributed by atoms with van der Waals surface area (Å²) in [7, 11) is 0. The number of rotatable bonds is 2. The molecule has 0 spiro atoms.